The third kappa shape index (κ3) is 2.59. The molecule has 1 heterocycles. The van der Waals surface area contributed by atoms with E-state index in [9.17, 15) is 9.59 Å². The fraction of sp³-hybridized carbons (Fsp3) is 0.778. The Balaban J connectivity index is 2.75. The van der Waals surface area contributed by atoms with Gasteiger partial charge in [-0.3, -0.25) is 4.90 Å². The molecule has 7 heteroatoms. The van der Waals surface area contributed by atoms with Crippen LogP contribution in [0.15, 0.2) is 0 Å². The summed E-state index contributed by atoms with van der Waals surface area (Å²) in [6.45, 7) is 1.88. The van der Waals surface area contributed by atoms with Crippen molar-refractivity contribution in [2.24, 2.45) is 0 Å². The molecular weight excluding hydrogens is 232 g/mol. The standard InChI is InChI=1S/C9H16N2O4S/c1-6-11(7(5-16-6)8(13)14)9(15)10(2)3-4-12/h6-7,12H,3-5H2,1-2H3,(H,13,14). The predicted octanol–water partition coefficient (Wildman–Crippen LogP) is -0.122. The average Bonchev–Trinajstić information content (AvgIpc) is 2.59. The molecule has 1 saturated heterocycles. The summed E-state index contributed by atoms with van der Waals surface area (Å²) in [5.74, 6) is -0.572. The number of hydrogen-bond donors (Lipinski definition) is 2. The lowest BCUT2D eigenvalue weighted by Crippen LogP contribution is -2.50. The number of likely N-dealkylation sites (N-methyl/N-ethyl adjacent to an activating group) is 1. The van der Waals surface area contributed by atoms with Crippen molar-refractivity contribution in [2.75, 3.05) is 26.0 Å². The first-order chi connectivity index (χ1) is 7.49. The molecule has 2 N–H and O–H groups in total. The molecule has 0 aromatic rings. The Morgan fingerprint density at radius 1 is 1.56 bits per heavy atom. The number of aliphatic hydroxyl groups excluding tert-OH is 1. The number of carbonyl (C=O) groups excluding carboxylic acids is 1. The zero-order valence-electron chi connectivity index (χ0n) is 9.29. The number of aliphatic hydroxyl groups is 1. The van der Waals surface area contributed by atoms with Gasteiger partial charge in [0, 0.05) is 19.3 Å². The van der Waals surface area contributed by atoms with E-state index in [-0.39, 0.29) is 24.6 Å². The zero-order valence-corrected chi connectivity index (χ0v) is 10.1. The third-order valence-electron chi connectivity index (χ3n) is 2.49. The van der Waals surface area contributed by atoms with Crippen molar-refractivity contribution in [1.82, 2.24) is 9.80 Å². The molecule has 2 amide bonds. The Bertz CT molecular complexity index is 287. The van der Waals surface area contributed by atoms with Crippen molar-refractivity contribution < 1.29 is 19.8 Å². The molecule has 1 rings (SSSR count). The number of thioether (sulfide) groups is 1. The second kappa shape index (κ2) is 5.40. The van der Waals surface area contributed by atoms with Gasteiger partial charge in [-0.25, -0.2) is 9.59 Å². The van der Waals surface area contributed by atoms with Gasteiger partial charge in [0.05, 0.1) is 12.0 Å². The van der Waals surface area contributed by atoms with E-state index in [0.29, 0.717) is 5.75 Å². The maximum absolute atomic E-state index is 11.9. The van der Waals surface area contributed by atoms with Gasteiger partial charge in [0.15, 0.2) is 0 Å². The number of carboxylic acids is 1. The van der Waals surface area contributed by atoms with Gasteiger partial charge in [-0.05, 0) is 6.92 Å². The summed E-state index contributed by atoms with van der Waals surface area (Å²) in [7, 11) is 1.55. The number of urea groups is 1. The minimum absolute atomic E-state index is 0.130. The highest BCUT2D eigenvalue weighted by Gasteiger charge is 2.40. The molecule has 0 aromatic heterocycles. The van der Waals surface area contributed by atoms with Crippen LogP contribution >= 0.6 is 11.8 Å². The molecule has 1 aliphatic rings. The van der Waals surface area contributed by atoms with Crippen molar-refractivity contribution in [3.8, 4) is 0 Å². The molecular formula is C9H16N2O4S. The Morgan fingerprint density at radius 3 is 2.69 bits per heavy atom. The molecule has 0 aromatic carbocycles. The first-order valence-corrected chi connectivity index (χ1v) is 6.02. The van der Waals surface area contributed by atoms with Gasteiger partial charge >= 0.3 is 12.0 Å². The molecule has 0 aliphatic carbocycles. The lowest BCUT2D eigenvalue weighted by molar-refractivity contribution is -0.141. The summed E-state index contributed by atoms with van der Waals surface area (Å²) in [6.07, 6.45) is 0. The first kappa shape index (κ1) is 13.1. The molecule has 6 nitrogen and oxygen atoms in total. The molecule has 16 heavy (non-hydrogen) atoms. The average molecular weight is 248 g/mol. The number of amides is 2. The maximum Gasteiger partial charge on any atom is 0.327 e. The van der Waals surface area contributed by atoms with Gasteiger partial charge in [0.1, 0.15) is 6.04 Å². The molecule has 92 valence electrons. The first-order valence-electron chi connectivity index (χ1n) is 4.97. The van der Waals surface area contributed by atoms with Crippen molar-refractivity contribution >= 4 is 23.8 Å². The molecule has 0 saturated carbocycles. The van der Waals surface area contributed by atoms with Crippen molar-refractivity contribution in [3.63, 3.8) is 0 Å². The Hall–Kier alpha value is -0.950. The third-order valence-corrected chi connectivity index (χ3v) is 3.71. The molecule has 0 bridgehead atoms. The summed E-state index contributed by atoms with van der Waals surface area (Å²) in [5, 5.41) is 17.6. The molecule has 1 aliphatic heterocycles. The lowest BCUT2D eigenvalue weighted by Gasteiger charge is -2.29. The second-order valence-corrected chi connectivity index (χ2v) is 4.97. The van der Waals surface area contributed by atoms with E-state index >= 15 is 0 Å². The SMILES string of the molecule is CC1SCC(C(=O)O)N1C(=O)N(C)CCO. The fourth-order valence-corrected chi connectivity index (χ4v) is 2.73. The van der Waals surface area contributed by atoms with Crippen molar-refractivity contribution in [1.29, 1.82) is 0 Å². The van der Waals surface area contributed by atoms with E-state index in [1.165, 1.54) is 21.6 Å². The summed E-state index contributed by atoms with van der Waals surface area (Å²) in [5.41, 5.74) is 0. The van der Waals surface area contributed by atoms with E-state index in [0.717, 1.165) is 0 Å². The Kier molecular flexibility index (Phi) is 4.43. The van der Waals surface area contributed by atoms with Crippen LogP contribution in [0.3, 0.4) is 0 Å². The Morgan fingerprint density at radius 2 is 2.19 bits per heavy atom. The number of aliphatic carboxylic acids is 1. The summed E-state index contributed by atoms with van der Waals surface area (Å²) in [4.78, 5) is 25.6. The number of carboxylic acid groups (broad SMARTS) is 1. The number of rotatable bonds is 3. The second-order valence-electron chi connectivity index (χ2n) is 3.62. The van der Waals surface area contributed by atoms with Crippen molar-refractivity contribution in [3.05, 3.63) is 0 Å². The van der Waals surface area contributed by atoms with Crippen LogP contribution in [0.5, 0.6) is 0 Å². The van der Waals surface area contributed by atoms with Crippen LogP contribution in [0.25, 0.3) is 0 Å². The van der Waals surface area contributed by atoms with Gasteiger partial charge in [0.25, 0.3) is 0 Å². The van der Waals surface area contributed by atoms with E-state index in [2.05, 4.69) is 0 Å². The molecule has 1 fully saturated rings. The highest BCUT2D eigenvalue weighted by Crippen LogP contribution is 2.29. The molecule has 0 spiro atoms. The van der Waals surface area contributed by atoms with Crippen LogP contribution in [0.2, 0.25) is 0 Å². The van der Waals surface area contributed by atoms with E-state index in [1.807, 2.05) is 0 Å². The number of hydrogen-bond acceptors (Lipinski definition) is 4. The largest absolute Gasteiger partial charge is 0.480 e. The van der Waals surface area contributed by atoms with Crippen LogP contribution in [-0.4, -0.2) is 69.4 Å². The summed E-state index contributed by atoms with van der Waals surface area (Å²) in [6, 6.07) is -1.12. The summed E-state index contributed by atoms with van der Waals surface area (Å²) < 4.78 is 0. The highest BCUT2D eigenvalue weighted by molar-refractivity contribution is 8.00. The van der Waals surface area contributed by atoms with Gasteiger partial charge in [0.2, 0.25) is 0 Å². The van der Waals surface area contributed by atoms with Gasteiger partial charge in [-0.15, -0.1) is 11.8 Å². The normalized spacial score (nSPS) is 24.6. The minimum Gasteiger partial charge on any atom is -0.480 e. The quantitative estimate of drug-likeness (QED) is 0.727. The number of nitrogens with zero attached hydrogens (tertiary/aromatic N) is 2. The highest BCUT2D eigenvalue weighted by atomic mass is 32.2. The number of carbonyl (C=O) groups is 2. The monoisotopic (exact) mass is 248 g/mol. The maximum atomic E-state index is 11.9. The minimum atomic E-state index is -0.984. The molecule has 2 atom stereocenters. The molecule has 2 unspecified atom stereocenters. The van der Waals surface area contributed by atoms with Crippen LogP contribution in [0.1, 0.15) is 6.92 Å². The lowest BCUT2D eigenvalue weighted by atomic mass is 10.3. The van der Waals surface area contributed by atoms with Crippen LogP contribution < -0.4 is 0 Å². The van der Waals surface area contributed by atoms with Gasteiger partial charge < -0.3 is 15.1 Å². The van der Waals surface area contributed by atoms with Gasteiger partial charge in [-0.2, -0.15) is 0 Å². The van der Waals surface area contributed by atoms with Crippen molar-refractivity contribution in [2.45, 2.75) is 18.3 Å². The van der Waals surface area contributed by atoms with Crippen LogP contribution in [-0.2, 0) is 4.79 Å². The van der Waals surface area contributed by atoms with E-state index < -0.39 is 12.0 Å². The fourth-order valence-electron chi connectivity index (χ4n) is 1.57. The molecule has 0 radical (unpaired) electrons. The predicted molar refractivity (Wildman–Crippen MR) is 60.3 cm³/mol. The smallest absolute Gasteiger partial charge is 0.327 e. The van der Waals surface area contributed by atoms with Gasteiger partial charge in [-0.1, -0.05) is 0 Å². The topological polar surface area (TPSA) is 81.1 Å². The van der Waals surface area contributed by atoms with Crippen LogP contribution in [0, 0.1) is 0 Å². The van der Waals surface area contributed by atoms with Crippen LogP contribution in [0.4, 0.5) is 4.79 Å². The zero-order chi connectivity index (χ0) is 12.3. The summed E-state index contributed by atoms with van der Waals surface area (Å²) >= 11 is 1.44. The Labute approximate surface area is 98.2 Å². The van der Waals surface area contributed by atoms with E-state index in [4.69, 9.17) is 10.2 Å². The van der Waals surface area contributed by atoms with E-state index in [1.54, 1.807) is 14.0 Å².